The van der Waals surface area contributed by atoms with Gasteiger partial charge in [0.25, 0.3) is 0 Å². The van der Waals surface area contributed by atoms with Crippen LogP contribution in [0, 0.1) is 11.3 Å². The van der Waals surface area contributed by atoms with Crippen LogP contribution in [0.2, 0.25) is 0 Å². The Morgan fingerprint density at radius 1 is 1.17 bits per heavy atom. The molecular weight excluding hydrogens is 300 g/mol. The molecule has 0 atom stereocenters. The molecule has 0 aromatic heterocycles. The number of imide groups is 2. The highest BCUT2D eigenvalue weighted by atomic mass is 16.2. The molecule has 3 rings (SSSR count). The zero-order valence-electron chi connectivity index (χ0n) is 12.0. The molecule has 1 aliphatic carbocycles. The third-order valence-electron chi connectivity index (χ3n) is 3.60. The number of nitriles is 1. The third kappa shape index (κ3) is 2.76. The Kier molecular flexibility index (Phi) is 3.54. The third-order valence-corrected chi connectivity index (χ3v) is 3.60. The van der Waals surface area contributed by atoms with Crippen molar-refractivity contribution >= 4 is 29.4 Å². The molecule has 1 aromatic rings. The van der Waals surface area contributed by atoms with Crippen molar-refractivity contribution in [2.45, 2.75) is 18.9 Å². The summed E-state index contributed by atoms with van der Waals surface area (Å²) in [5.74, 6) is -2.44. The molecule has 2 aliphatic rings. The number of carbonyl (C=O) groups excluding carboxylic acids is 4. The number of urea groups is 1. The molecule has 8 heteroatoms. The maximum absolute atomic E-state index is 12.1. The average molecular weight is 312 g/mol. The zero-order chi connectivity index (χ0) is 16.6. The number of anilines is 1. The van der Waals surface area contributed by atoms with Crippen molar-refractivity contribution in [2.75, 3.05) is 11.9 Å². The van der Waals surface area contributed by atoms with E-state index in [1.807, 2.05) is 6.07 Å². The highest BCUT2D eigenvalue weighted by Crippen LogP contribution is 2.30. The lowest BCUT2D eigenvalue weighted by Gasteiger charge is -2.14. The molecule has 8 nitrogen and oxygen atoms in total. The highest BCUT2D eigenvalue weighted by Gasteiger charge is 2.51. The standard InChI is InChI=1S/C15H12N4O4/c16-7-9-1-3-10(4-2-9)17-12(20)8-18-13(21)14(22)19(15(18)23)11-5-6-11/h1-4,11H,5-6,8H2,(H,17,20). The van der Waals surface area contributed by atoms with Crippen LogP contribution in [-0.2, 0) is 14.4 Å². The van der Waals surface area contributed by atoms with Crippen molar-refractivity contribution in [1.29, 1.82) is 5.26 Å². The molecule has 23 heavy (non-hydrogen) atoms. The van der Waals surface area contributed by atoms with Gasteiger partial charge in [0.2, 0.25) is 5.91 Å². The van der Waals surface area contributed by atoms with Crippen LogP contribution in [0.4, 0.5) is 10.5 Å². The average Bonchev–Trinajstić information content (AvgIpc) is 3.34. The van der Waals surface area contributed by atoms with Gasteiger partial charge in [-0.2, -0.15) is 5.26 Å². The van der Waals surface area contributed by atoms with Crippen LogP contribution < -0.4 is 5.32 Å². The van der Waals surface area contributed by atoms with Gasteiger partial charge in [0.15, 0.2) is 0 Å². The molecular formula is C15H12N4O4. The fourth-order valence-corrected chi connectivity index (χ4v) is 2.29. The van der Waals surface area contributed by atoms with Crippen LogP contribution >= 0.6 is 0 Å². The Morgan fingerprint density at radius 3 is 2.39 bits per heavy atom. The minimum atomic E-state index is -0.975. The second-order valence-electron chi connectivity index (χ2n) is 5.32. The molecule has 1 N–H and O–H groups in total. The first-order valence-electron chi connectivity index (χ1n) is 7.00. The largest absolute Gasteiger partial charge is 0.334 e. The summed E-state index contributed by atoms with van der Waals surface area (Å²) in [7, 11) is 0. The van der Waals surface area contributed by atoms with Gasteiger partial charge in [-0.15, -0.1) is 0 Å². The number of carbonyl (C=O) groups is 4. The SMILES string of the molecule is N#Cc1ccc(NC(=O)CN2C(=O)C(=O)N(C3CC3)C2=O)cc1. The van der Waals surface area contributed by atoms with Gasteiger partial charge >= 0.3 is 17.8 Å². The minimum Gasteiger partial charge on any atom is -0.325 e. The lowest BCUT2D eigenvalue weighted by Crippen LogP contribution is -2.39. The lowest BCUT2D eigenvalue weighted by atomic mass is 10.2. The van der Waals surface area contributed by atoms with Crippen molar-refractivity contribution in [3.8, 4) is 6.07 Å². The first-order valence-corrected chi connectivity index (χ1v) is 7.00. The van der Waals surface area contributed by atoms with Crippen LogP contribution in [-0.4, -0.2) is 46.1 Å². The molecule has 116 valence electrons. The van der Waals surface area contributed by atoms with Crippen molar-refractivity contribution in [3.05, 3.63) is 29.8 Å². The van der Waals surface area contributed by atoms with Gasteiger partial charge in [-0.25, -0.2) is 9.69 Å². The van der Waals surface area contributed by atoms with E-state index in [-0.39, 0.29) is 6.04 Å². The molecule has 5 amide bonds. The van der Waals surface area contributed by atoms with E-state index in [0.717, 1.165) is 4.90 Å². The van der Waals surface area contributed by atoms with Gasteiger partial charge in [0.05, 0.1) is 11.6 Å². The van der Waals surface area contributed by atoms with E-state index in [1.165, 1.54) is 24.3 Å². The fourth-order valence-electron chi connectivity index (χ4n) is 2.29. The predicted molar refractivity (Wildman–Crippen MR) is 76.8 cm³/mol. The van der Waals surface area contributed by atoms with Crippen LogP contribution in [0.25, 0.3) is 0 Å². The van der Waals surface area contributed by atoms with Gasteiger partial charge in [0.1, 0.15) is 6.54 Å². The highest BCUT2D eigenvalue weighted by molar-refractivity contribution is 6.45. The number of rotatable bonds is 4. The van der Waals surface area contributed by atoms with Gasteiger partial charge in [0, 0.05) is 11.7 Å². The van der Waals surface area contributed by atoms with E-state index in [0.29, 0.717) is 29.0 Å². The van der Waals surface area contributed by atoms with E-state index in [1.54, 1.807) is 0 Å². The maximum Gasteiger partial charge on any atom is 0.334 e. The number of benzene rings is 1. The van der Waals surface area contributed by atoms with Gasteiger partial charge < -0.3 is 5.32 Å². The molecule has 0 radical (unpaired) electrons. The van der Waals surface area contributed by atoms with Crippen molar-refractivity contribution in [3.63, 3.8) is 0 Å². The fraction of sp³-hybridized carbons (Fsp3) is 0.267. The first kappa shape index (κ1) is 14.7. The molecule has 0 unspecified atom stereocenters. The summed E-state index contributed by atoms with van der Waals surface area (Å²) in [4.78, 5) is 49.2. The first-order chi connectivity index (χ1) is 11.0. The zero-order valence-corrected chi connectivity index (χ0v) is 12.0. The molecule has 0 spiro atoms. The van der Waals surface area contributed by atoms with Crippen molar-refractivity contribution < 1.29 is 19.2 Å². The van der Waals surface area contributed by atoms with Crippen molar-refractivity contribution in [1.82, 2.24) is 9.80 Å². The summed E-state index contributed by atoms with van der Waals surface area (Å²) in [6.07, 6.45) is 1.38. The maximum atomic E-state index is 12.1. The van der Waals surface area contributed by atoms with Crippen molar-refractivity contribution in [2.24, 2.45) is 0 Å². The molecule has 1 aromatic carbocycles. The molecule has 1 saturated heterocycles. The molecule has 1 heterocycles. The van der Waals surface area contributed by atoms with E-state index >= 15 is 0 Å². The second kappa shape index (κ2) is 5.53. The molecule has 1 aliphatic heterocycles. The summed E-state index contributed by atoms with van der Waals surface area (Å²) < 4.78 is 0. The smallest absolute Gasteiger partial charge is 0.325 e. The number of hydrogen-bond donors (Lipinski definition) is 1. The van der Waals surface area contributed by atoms with E-state index in [2.05, 4.69) is 5.32 Å². The van der Waals surface area contributed by atoms with Crippen LogP contribution in [0.1, 0.15) is 18.4 Å². The topological polar surface area (TPSA) is 111 Å². The summed E-state index contributed by atoms with van der Waals surface area (Å²) in [5, 5.41) is 11.2. The molecule has 1 saturated carbocycles. The summed E-state index contributed by atoms with van der Waals surface area (Å²) in [6.45, 7) is -0.521. The van der Waals surface area contributed by atoms with Gasteiger partial charge in [-0.3, -0.25) is 19.3 Å². The Hall–Kier alpha value is -3.21. The summed E-state index contributed by atoms with van der Waals surface area (Å²) >= 11 is 0. The normalized spacial score (nSPS) is 17.4. The lowest BCUT2D eigenvalue weighted by molar-refractivity contribution is -0.143. The predicted octanol–water partition coefficient (Wildman–Crippen LogP) is 0.450. The van der Waals surface area contributed by atoms with Crippen LogP contribution in [0.5, 0.6) is 0 Å². The number of amides is 5. The Bertz CT molecular complexity index is 746. The van der Waals surface area contributed by atoms with Gasteiger partial charge in [-0.05, 0) is 37.1 Å². The number of nitrogens with one attached hydrogen (secondary N) is 1. The number of hydrogen-bond acceptors (Lipinski definition) is 5. The van der Waals surface area contributed by atoms with Crippen LogP contribution in [0.15, 0.2) is 24.3 Å². The van der Waals surface area contributed by atoms with E-state index in [9.17, 15) is 19.2 Å². The molecule has 0 bridgehead atoms. The number of nitrogens with zero attached hydrogens (tertiary/aromatic N) is 3. The van der Waals surface area contributed by atoms with Gasteiger partial charge in [-0.1, -0.05) is 0 Å². The minimum absolute atomic E-state index is 0.217. The summed E-state index contributed by atoms with van der Waals surface area (Å²) in [6, 6.07) is 7.12. The second-order valence-corrected chi connectivity index (χ2v) is 5.32. The van der Waals surface area contributed by atoms with E-state index in [4.69, 9.17) is 5.26 Å². The Balaban J connectivity index is 1.65. The Morgan fingerprint density at radius 2 is 1.83 bits per heavy atom. The van der Waals surface area contributed by atoms with E-state index < -0.39 is 30.3 Å². The monoisotopic (exact) mass is 312 g/mol. The summed E-state index contributed by atoms with van der Waals surface area (Å²) in [5.41, 5.74) is 0.872. The Labute approximate surface area is 131 Å². The van der Waals surface area contributed by atoms with Crippen LogP contribution in [0.3, 0.4) is 0 Å². The molecule has 2 fully saturated rings. The quantitative estimate of drug-likeness (QED) is 0.641.